The monoisotopic (exact) mass is 591 g/mol. The van der Waals surface area contributed by atoms with Gasteiger partial charge in [-0.2, -0.15) is 9.97 Å². The van der Waals surface area contributed by atoms with E-state index in [1.54, 1.807) is 12.1 Å². The van der Waals surface area contributed by atoms with E-state index >= 15 is 0 Å². The Labute approximate surface area is 258 Å². The van der Waals surface area contributed by atoms with Crippen LogP contribution in [-0.4, -0.2) is 51.4 Å². The molecule has 0 aliphatic carbocycles. The van der Waals surface area contributed by atoms with Gasteiger partial charge in [0.1, 0.15) is 13.2 Å². The fourth-order valence-corrected chi connectivity index (χ4v) is 5.33. The molecule has 10 heteroatoms. The molecule has 0 radical (unpaired) electrons. The molecule has 1 amide bonds. The van der Waals surface area contributed by atoms with Crippen LogP contribution >= 0.6 is 0 Å². The van der Waals surface area contributed by atoms with E-state index in [-0.39, 0.29) is 37.2 Å². The number of rotatable bonds is 12. The Morgan fingerprint density at radius 2 is 1.77 bits per heavy atom. The zero-order valence-electron chi connectivity index (χ0n) is 24.9. The fourth-order valence-electron chi connectivity index (χ4n) is 5.33. The topological polar surface area (TPSA) is 120 Å². The predicted octanol–water partition coefficient (Wildman–Crippen LogP) is 4.99. The van der Waals surface area contributed by atoms with Gasteiger partial charge in [-0.15, -0.1) is 4.98 Å². The number of benzene rings is 3. The Morgan fingerprint density at radius 1 is 1.00 bits per heavy atom. The van der Waals surface area contributed by atoms with Crippen molar-refractivity contribution in [3.8, 4) is 23.1 Å². The summed E-state index contributed by atoms with van der Waals surface area (Å²) in [4.78, 5) is 32.2. The summed E-state index contributed by atoms with van der Waals surface area (Å²) in [5.41, 5.74) is 11.4. The zero-order valence-corrected chi connectivity index (χ0v) is 24.9. The van der Waals surface area contributed by atoms with Crippen molar-refractivity contribution in [3.05, 3.63) is 107 Å². The van der Waals surface area contributed by atoms with Crippen LogP contribution in [0.4, 0.5) is 5.69 Å². The maximum atomic E-state index is 12.9. The molecule has 0 spiro atoms. The first-order chi connectivity index (χ1) is 21.5. The SMILES string of the molecule is [C-]#[N+]c1cccc(COc2nc(CN3CCCCC3C(=O)NCCN)nc(OCc3cccc(-c4ccccc4)c3C)n2)c1. The van der Waals surface area contributed by atoms with Gasteiger partial charge in [-0.3, -0.25) is 9.69 Å². The van der Waals surface area contributed by atoms with Gasteiger partial charge >= 0.3 is 12.0 Å². The highest BCUT2D eigenvalue weighted by molar-refractivity contribution is 5.81. The average molecular weight is 592 g/mol. The first-order valence-electron chi connectivity index (χ1n) is 14.9. The Balaban J connectivity index is 1.38. The van der Waals surface area contributed by atoms with Crippen LogP contribution in [0.25, 0.3) is 16.0 Å². The molecule has 5 rings (SSSR count). The van der Waals surface area contributed by atoms with Gasteiger partial charge in [0.2, 0.25) is 5.91 Å². The second-order valence-electron chi connectivity index (χ2n) is 10.7. The van der Waals surface area contributed by atoms with Gasteiger partial charge in [-0.1, -0.05) is 73.2 Å². The third kappa shape index (κ3) is 7.95. The van der Waals surface area contributed by atoms with Crippen LogP contribution in [0.2, 0.25) is 0 Å². The van der Waals surface area contributed by atoms with Gasteiger partial charge in [0.15, 0.2) is 11.5 Å². The highest BCUT2D eigenvalue weighted by Gasteiger charge is 2.29. The first-order valence-corrected chi connectivity index (χ1v) is 14.9. The van der Waals surface area contributed by atoms with Crippen molar-refractivity contribution in [1.29, 1.82) is 0 Å². The number of amides is 1. The lowest BCUT2D eigenvalue weighted by Crippen LogP contribution is -2.50. The Morgan fingerprint density at radius 3 is 2.55 bits per heavy atom. The number of ether oxygens (including phenoxy) is 2. The van der Waals surface area contributed by atoms with Crippen LogP contribution in [0.5, 0.6) is 12.0 Å². The van der Waals surface area contributed by atoms with Gasteiger partial charge in [-0.05, 0) is 60.2 Å². The molecular weight excluding hydrogens is 554 g/mol. The van der Waals surface area contributed by atoms with Gasteiger partial charge in [0.25, 0.3) is 0 Å². The van der Waals surface area contributed by atoms with Crippen LogP contribution in [0.3, 0.4) is 0 Å². The fraction of sp³-hybridized carbons (Fsp3) is 0.324. The molecule has 0 saturated carbocycles. The van der Waals surface area contributed by atoms with Crippen molar-refractivity contribution in [2.45, 2.75) is 52.0 Å². The van der Waals surface area contributed by atoms with Crippen LogP contribution in [0.15, 0.2) is 72.8 Å². The Bertz CT molecular complexity index is 1610. The molecule has 0 bridgehead atoms. The molecule has 44 heavy (non-hydrogen) atoms. The van der Waals surface area contributed by atoms with Gasteiger partial charge < -0.3 is 20.5 Å². The van der Waals surface area contributed by atoms with Crippen molar-refractivity contribution in [2.24, 2.45) is 5.73 Å². The summed E-state index contributed by atoms with van der Waals surface area (Å²) in [5.74, 6) is 0.416. The van der Waals surface area contributed by atoms with Crippen LogP contribution < -0.4 is 20.5 Å². The summed E-state index contributed by atoms with van der Waals surface area (Å²) in [6.07, 6.45) is 2.71. The number of nitrogens with two attached hydrogens (primary N) is 1. The van der Waals surface area contributed by atoms with Crippen LogP contribution in [0.1, 0.15) is 41.8 Å². The minimum atomic E-state index is -0.291. The minimum absolute atomic E-state index is 0.0365. The number of piperidine rings is 1. The molecule has 1 aliphatic rings. The van der Waals surface area contributed by atoms with E-state index in [4.69, 9.17) is 21.8 Å². The van der Waals surface area contributed by atoms with E-state index in [9.17, 15) is 4.79 Å². The van der Waals surface area contributed by atoms with E-state index < -0.39 is 0 Å². The Kier molecular flexibility index (Phi) is 10.5. The van der Waals surface area contributed by atoms with Crippen molar-refractivity contribution >= 4 is 11.6 Å². The van der Waals surface area contributed by atoms with Gasteiger partial charge in [-0.25, -0.2) is 4.85 Å². The number of nitrogens with zero attached hydrogens (tertiary/aromatic N) is 5. The van der Waals surface area contributed by atoms with Crippen LogP contribution in [-0.2, 0) is 24.6 Å². The quantitative estimate of drug-likeness (QED) is 0.221. The molecule has 1 saturated heterocycles. The maximum absolute atomic E-state index is 12.9. The van der Waals surface area contributed by atoms with E-state index in [2.05, 4.69) is 55.1 Å². The Hall–Kier alpha value is -4.85. The molecule has 1 atom stereocenters. The number of aromatic nitrogens is 3. The summed E-state index contributed by atoms with van der Waals surface area (Å²) < 4.78 is 12.1. The normalized spacial score (nSPS) is 14.9. The lowest BCUT2D eigenvalue weighted by atomic mass is 9.97. The lowest BCUT2D eigenvalue weighted by Gasteiger charge is -2.34. The van der Waals surface area contributed by atoms with E-state index in [0.717, 1.165) is 53.6 Å². The van der Waals surface area contributed by atoms with Crippen molar-refractivity contribution in [2.75, 3.05) is 19.6 Å². The highest BCUT2D eigenvalue weighted by atomic mass is 16.5. The molecule has 3 N–H and O–H groups in total. The number of hydrogen-bond acceptors (Lipinski definition) is 8. The summed E-state index contributed by atoms with van der Waals surface area (Å²) >= 11 is 0. The molecule has 226 valence electrons. The maximum Gasteiger partial charge on any atom is 0.323 e. The van der Waals surface area contributed by atoms with Crippen molar-refractivity contribution < 1.29 is 14.3 Å². The van der Waals surface area contributed by atoms with Gasteiger partial charge in [0, 0.05) is 13.1 Å². The molecule has 2 heterocycles. The standard InChI is InChI=1S/C34H37N7O3/c1-24-27(13-9-15-29(24)26-11-4-3-5-12-26)23-44-34-39-31(21-41-19-7-6-16-30(41)32(42)37-18-17-35)38-33(40-34)43-22-25-10-8-14-28(20-25)36-2/h3-5,8-15,20,30H,6-7,16-19,21-23,35H2,1H3,(H,37,42). The molecule has 1 aliphatic heterocycles. The third-order valence-electron chi connectivity index (χ3n) is 7.64. The summed E-state index contributed by atoms with van der Waals surface area (Å²) in [6.45, 7) is 11.7. The summed E-state index contributed by atoms with van der Waals surface area (Å²) in [7, 11) is 0. The van der Waals surface area contributed by atoms with Gasteiger partial charge in [0.05, 0.1) is 19.2 Å². The number of nitrogens with one attached hydrogen (secondary N) is 1. The van der Waals surface area contributed by atoms with Crippen LogP contribution in [0, 0.1) is 13.5 Å². The molecule has 1 aromatic heterocycles. The number of carbonyl (C=O) groups is 1. The summed E-state index contributed by atoms with van der Waals surface area (Å²) in [6, 6.07) is 23.6. The third-order valence-corrected chi connectivity index (χ3v) is 7.64. The second kappa shape index (κ2) is 15.0. The average Bonchev–Trinajstić information content (AvgIpc) is 3.06. The van der Waals surface area contributed by atoms with E-state index in [0.29, 0.717) is 31.1 Å². The molecule has 4 aromatic rings. The highest BCUT2D eigenvalue weighted by Crippen LogP contribution is 2.27. The first kappa shape index (κ1) is 30.6. The minimum Gasteiger partial charge on any atom is -0.458 e. The number of likely N-dealkylation sites (tertiary alicyclic amines) is 1. The zero-order chi connectivity index (χ0) is 30.7. The number of hydrogen-bond donors (Lipinski definition) is 2. The molecule has 1 unspecified atom stereocenters. The number of carbonyl (C=O) groups excluding carboxylic acids is 1. The lowest BCUT2D eigenvalue weighted by molar-refractivity contribution is -0.127. The molecule has 3 aromatic carbocycles. The molecule has 10 nitrogen and oxygen atoms in total. The largest absolute Gasteiger partial charge is 0.458 e. The van der Waals surface area contributed by atoms with Crippen molar-refractivity contribution in [3.63, 3.8) is 0 Å². The van der Waals surface area contributed by atoms with Crippen molar-refractivity contribution in [1.82, 2.24) is 25.2 Å². The molecular formula is C34H37N7O3. The second-order valence-corrected chi connectivity index (χ2v) is 10.7. The van der Waals surface area contributed by atoms with E-state index in [1.165, 1.54) is 0 Å². The van der Waals surface area contributed by atoms with E-state index in [1.807, 2.05) is 42.5 Å². The predicted molar refractivity (Wildman–Crippen MR) is 168 cm³/mol. The smallest absolute Gasteiger partial charge is 0.323 e. The summed E-state index contributed by atoms with van der Waals surface area (Å²) in [5, 5.41) is 2.92. The molecule has 1 fully saturated rings.